The van der Waals surface area contributed by atoms with Crippen molar-refractivity contribution in [2.75, 3.05) is 0 Å². The van der Waals surface area contributed by atoms with E-state index in [1.807, 2.05) is 0 Å². The van der Waals surface area contributed by atoms with Crippen molar-refractivity contribution in [3.8, 4) is 0 Å². The fourth-order valence-electron chi connectivity index (χ4n) is 0.816. The Labute approximate surface area is 59.6 Å². The number of rotatable bonds is 0. The largest absolute Gasteiger partial charge is 0.391 e. The number of halogens is 4. The Morgan fingerprint density at radius 1 is 1.22 bits per heavy atom. The summed E-state index contributed by atoms with van der Waals surface area (Å²) in [4.78, 5) is 0.101. The van der Waals surface area contributed by atoms with Crippen molar-refractivity contribution < 1.29 is 13.2 Å². The molecule has 0 unspecified atom stereocenters. The summed E-state index contributed by atoms with van der Waals surface area (Å²) in [6, 6.07) is 0. The summed E-state index contributed by atoms with van der Waals surface area (Å²) >= 11 is 3.09. The average Bonchev–Trinajstić information content (AvgIpc) is 1.55. The molecule has 0 amide bonds. The molecule has 4 heteroatoms. The zero-order valence-corrected chi connectivity index (χ0v) is 6.17. The highest BCUT2D eigenvalue weighted by Gasteiger charge is 2.46. The van der Waals surface area contributed by atoms with Gasteiger partial charge in [0.2, 0.25) is 0 Å². The van der Waals surface area contributed by atoms with E-state index in [4.69, 9.17) is 0 Å². The maximum absolute atomic E-state index is 11.7. The molecule has 1 fully saturated rings. The quantitative estimate of drug-likeness (QED) is 0.531. The van der Waals surface area contributed by atoms with Gasteiger partial charge >= 0.3 is 6.18 Å². The van der Waals surface area contributed by atoms with Crippen LogP contribution in [0.4, 0.5) is 13.2 Å². The van der Waals surface area contributed by atoms with Crippen LogP contribution in [-0.4, -0.2) is 11.0 Å². The van der Waals surface area contributed by atoms with E-state index in [1.165, 1.54) is 0 Å². The molecule has 0 spiro atoms. The number of alkyl halides is 4. The Balaban J connectivity index is 2.32. The zero-order valence-electron chi connectivity index (χ0n) is 4.58. The van der Waals surface area contributed by atoms with Gasteiger partial charge in [0.1, 0.15) is 0 Å². The van der Waals surface area contributed by atoms with Crippen LogP contribution < -0.4 is 0 Å². The van der Waals surface area contributed by atoms with Gasteiger partial charge in [0.05, 0.1) is 5.92 Å². The van der Waals surface area contributed by atoms with Crippen molar-refractivity contribution in [3.05, 3.63) is 0 Å². The van der Waals surface area contributed by atoms with Crippen LogP contribution in [-0.2, 0) is 0 Å². The maximum Gasteiger partial charge on any atom is 0.391 e. The van der Waals surface area contributed by atoms with Crippen LogP contribution in [0, 0.1) is 5.92 Å². The lowest BCUT2D eigenvalue weighted by Gasteiger charge is -2.32. The van der Waals surface area contributed by atoms with Gasteiger partial charge in [-0.2, -0.15) is 13.2 Å². The van der Waals surface area contributed by atoms with Crippen molar-refractivity contribution in [2.45, 2.75) is 23.8 Å². The van der Waals surface area contributed by atoms with Gasteiger partial charge in [-0.15, -0.1) is 0 Å². The SMILES string of the molecule is FC(F)(F)[C@H]1C[C@H](Br)C1. The average molecular weight is 203 g/mol. The Bertz CT molecular complexity index is 103. The molecule has 0 aliphatic heterocycles. The molecule has 54 valence electrons. The fourth-order valence-corrected chi connectivity index (χ4v) is 1.72. The van der Waals surface area contributed by atoms with E-state index in [2.05, 4.69) is 15.9 Å². The minimum Gasteiger partial charge on any atom is -0.171 e. The van der Waals surface area contributed by atoms with Crippen molar-refractivity contribution in [2.24, 2.45) is 5.92 Å². The first-order valence-electron chi connectivity index (χ1n) is 2.71. The third-order valence-electron chi connectivity index (χ3n) is 1.54. The van der Waals surface area contributed by atoms with Crippen molar-refractivity contribution in [1.82, 2.24) is 0 Å². The molecular weight excluding hydrogens is 197 g/mol. The summed E-state index contributed by atoms with van der Waals surface area (Å²) in [6.45, 7) is 0. The van der Waals surface area contributed by atoms with Crippen LogP contribution >= 0.6 is 15.9 Å². The summed E-state index contributed by atoms with van der Waals surface area (Å²) in [7, 11) is 0. The third-order valence-corrected chi connectivity index (χ3v) is 2.29. The zero-order chi connectivity index (χ0) is 7.07. The molecule has 0 aromatic heterocycles. The maximum atomic E-state index is 11.7. The molecule has 0 saturated heterocycles. The topological polar surface area (TPSA) is 0 Å². The van der Waals surface area contributed by atoms with Crippen molar-refractivity contribution in [1.29, 1.82) is 0 Å². The van der Waals surface area contributed by atoms with Crippen LogP contribution in [0.5, 0.6) is 0 Å². The van der Waals surface area contributed by atoms with Gasteiger partial charge in [-0.25, -0.2) is 0 Å². The molecule has 1 rings (SSSR count). The highest BCUT2D eigenvalue weighted by molar-refractivity contribution is 9.09. The molecule has 0 radical (unpaired) electrons. The minimum absolute atomic E-state index is 0.101. The van der Waals surface area contributed by atoms with Gasteiger partial charge in [-0.1, -0.05) is 15.9 Å². The molecule has 9 heavy (non-hydrogen) atoms. The van der Waals surface area contributed by atoms with E-state index in [0.29, 0.717) is 0 Å². The third kappa shape index (κ3) is 1.60. The Hall–Kier alpha value is 0.270. The first-order valence-corrected chi connectivity index (χ1v) is 3.62. The first-order chi connectivity index (χ1) is 4.00. The molecule has 0 heterocycles. The van der Waals surface area contributed by atoms with Crippen LogP contribution in [0.1, 0.15) is 12.8 Å². The van der Waals surface area contributed by atoms with E-state index in [-0.39, 0.29) is 17.7 Å². The van der Waals surface area contributed by atoms with Crippen LogP contribution in [0.3, 0.4) is 0 Å². The normalized spacial score (nSPS) is 36.0. The highest BCUT2D eigenvalue weighted by atomic mass is 79.9. The predicted molar refractivity (Wildman–Crippen MR) is 31.5 cm³/mol. The van der Waals surface area contributed by atoms with E-state index in [0.717, 1.165) is 0 Å². The second-order valence-electron chi connectivity index (χ2n) is 2.31. The highest BCUT2D eigenvalue weighted by Crippen LogP contribution is 2.43. The van der Waals surface area contributed by atoms with Gasteiger partial charge in [-0.3, -0.25) is 0 Å². The number of hydrogen-bond donors (Lipinski definition) is 0. The second kappa shape index (κ2) is 2.15. The van der Waals surface area contributed by atoms with E-state index in [9.17, 15) is 13.2 Å². The number of hydrogen-bond acceptors (Lipinski definition) is 0. The van der Waals surface area contributed by atoms with Gasteiger partial charge < -0.3 is 0 Å². The molecule has 1 aliphatic carbocycles. The molecule has 0 atom stereocenters. The van der Waals surface area contributed by atoms with Crippen LogP contribution in [0.25, 0.3) is 0 Å². The monoisotopic (exact) mass is 202 g/mol. The summed E-state index contributed by atoms with van der Waals surface area (Å²) < 4.78 is 35.0. The summed E-state index contributed by atoms with van der Waals surface area (Å²) in [5, 5.41) is 0. The molecule has 0 aromatic rings. The standard InChI is InChI=1S/C5H6BrF3/c6-4-1-3(2-4)5(7,8)9/h3-4H,1-2H2/t3-,4-. The van der Waals surface area contributed by atoms with Crippen LogP contribution in [0.15, 0.2) is 0 Å². The van der Waals surface area contributed by atoms with Crippen molar-refractivity contribution in [3.63, 3.8) is 0 Å². The molecule has 1 aliphatic rings. The molecule has 0 nitrogen and oxygen atoms in total. The Morgan fingerprint density at radius 3 is 1.78 bits per heavy atom. The molecule has 0 bridgehead atoms. The fraction of sp³-hybridized carbons (Fsp3) is 1.00. The Morgan fingerprint density at radius 2 is 1.67 bits per heavy atom. The van der Waals surface area contributed by atoms with Gasteiger partial charge in [-0.05, 0) is 12.8 Å². The van der Waals surface area contributed by atoms with Crippen LogP contribution in [0.2, 0.25) is 0 Å². The van der Waals surface area contributed by atoms with Crippen molar-refractivity contribution >= 4 is 15.9 Å². The lowest BCUT2D eigenvalue weighted by Crippen LogP contribution is -2.35. The van der Waals surface area contributed by atoms with E-state index >= 15 is 0 Å². The van der Waals surface area contributed by atoms with Gasteiger partial charge in [0.25, 0.3) is 0 Å². The lowest BCUT2D eigenvalue weighted by atomic mass is 9.85. The molecule has 1 saturated carbocycles. The van der Waals surface area contributed by atoms with Gasteiger partial charge in [0, 0.05) is 4.83 Å². The second-order valence-corrected chi connectivity index (χ2v) is 3.60. The Kier molecular flexibility index (Phi) is 1.76. The smallest absolute Gasteiger partial charge is 0.171 e. The molecule has 0 aromatic carbocycles. The molecular formula is C5H6BrF3. The van der Waals surface area contributed by atoms with E-state index < -0.39 is 12.1 Å². The van der Waals surface area contributed by atoms with Gasteiger partial charge in [0.15, 0.2) is 0 Å². The minimum atomic E-state index is -3.95. The summed E-state index contributed by atoms with van der Waals surface area (Å²) in [5.74, 6) is -1.04. The first kappa shape index (κ1) is 7.38. The van der Waals surface area contributed by atoms with E-state index in [1.54, 1.807) is 0 Å². The summed E-state index contributed by atoms with van der Waals surface area (Å²) in [6.07, 6.45) is -3.45. The predicted octanol–water partition coefficient (Wildman–Crippen LogP) is 2.72. The lowest BCUT2D eigenvalue weighted by molar-refractivity contribution is -0.191. The summed E-state index contributed by atoms with van der Waals surface area (Å²) in [5.41, 5.74) is 0. The molecule has 0 N–H and O–H groups in total.